The van der Waals surface area contributed by atoms with Crippen LogP contribution in [0.15, 0.2) is 15.3 Å². The Kier molecular flexibility index (Phi) is 18.6. The van der Waals surface area contributed by atoms with Crippen molar-refractivity contribution in [1.82, 2.24) is 5.32 Å². The third-order valence-corrected chi connectivity index (χ3v) is 14.5. The van der Waals surface area contributed by atoms with Gasteiger partial charge in [-0.2, -0.15) is 8.42 Å². The summed E-state index contributed by atoms with van der Waals surface area (Å²) in [7, 11) is -3.39. The van der Waals surface area contributed by atoms with Crippen molar-refractivity contribution in [3.05, 3.63) is 31.3 Å². The molecule has 4 unspecified atom stereocenters. The maximum atomic E-state index is 11.2. The van der Waals surface area contributed by atoms with E-state index in [1.165, 1.54) is 6.42 Å². The average Bonchev–Trinajstić information content (AvgIpc) is 3.51. The number of rotatable bonds is 26. The van der Waals surface area contributed by atoms with Gasteiger partial charge in [-0.3, -0.25) is 4.18 Å². The fourth-order valence-electron chi connectivity index (χ4n) is 11.3. The van der Waals surface area contributed by atoms with Crippen molar-refractivity contribution in [3.63, 3.8) is 0 Å². The van der Waals surface area contributed by atoms with E-state index in [4.69, 9.17) is 35.0 Å². The molecule has 11 atom stereocenters. The predicted octanol–water partition coefficient (Wildman–Crippen LogP) is 8.88. The second kappa shape index (κ2) is 22.6. The topological polar surface area (TPSA) is 229 Å². The highest BCUT2D eigenvalue weighted by molar-refractivity contribution is 7.85. The fourth-order valence-corrected chi connectivity index (χ4v) is 11.7. The maximum Gasteiger partial charge on any atom is 0.264 e. The van der Waals surface area contributed by atoms with Crippen LogP contribution in [0.4, 0.5) is 0 Å². The first-order valence-electron chi connectivity index (χ1n) is 20.9. The van der Waals surface area contributed by atoms with Crippen molar-refractivity contribution in [2.75, 3.05) is 65.4 Å². The number of nitrogens with one attached hydrogen (secondary N) is 1. The Balaban J connectivity index is 1.49. The van der Waals surface area contributed by atoms with E-state index in [9.17, 15) is 8.42 Å². The summed E-state index contributed by atoms with van der Waals surface area (Å²) in [5.74, 6) is 2.81. The van der Waals surface area contributed by atoms with Gasteiger partial charge in [0.2, 0.25) is 0 Å². The SMILES string of the molecule is C[C@H](CCCNCCCCOS(C)(=O)=O)C1CC[C@H]2C3[C@H](OCCCN=[N+]=[N-])CC4C[C@H](OCCCN=[N+]=[N-])CC[C@]4(C)[C@H]3CC(OCCCN=[N+]=[N-])[C@]12C. The molecule has 4 aliphatic rings. The monoisotopic (exact) mass is 793 g/mol. The summed E-state index contributed by atoms with van der Waals surface area (Å²) in [6.45, 7) is 12.6. The van der Waals surface area contributed by atoms with E-state index in [0.717, 1.165) is 83.6 Å². The third kappa shape index (κ3) is 12.6. The van der Waals surface area contributed by atoms with E-state index in [1.807, 2.05) is 0 Å². The van der Waals surface area contributed by atoms with Crippen LogP contribution >= 0.6 is 0 Å². The lowest BCUT2D eigenvalue weighted by Crippen LogP contribution is -2.63. The second-order valence-corrected chi connectivity index (χ2v) is 18.7. The van der Waals surface area contributed by atoms with Gasteiger partial charge >= 0.3 is 0 Å². The smallest absolute Gasteiger partial charge is 0.264 e. The van der Waals surface area contributed by atoms with Crippen molar-refractivity contribution in [2.24, 2.45) is 61.7 Å². The van der Waals surface area contributed by atoms with Crippen molar-refractivity contribution < 1.29 is 26.8 Å². The van der Waals surface area contributed by atoms with Gasteiger partial charge in [0, 0.05) is 59.6 Å². The van der Waals surface area contributed by atoms with E-state index in [2.05, 4.69) is 56.2 Å². The normalized spacial score (nSPS) is 33.2. The van der Waals surface area contributed by atoms with Crippen LogP contribution in [0.1, 0.15) is 111 Å². The highest BCUT2D eigenvalue weighted by Crippen LogP contribution is 2.69. The molecule has 4 aliphatic carbocycles. The molecule has 0 aromatic heterocycles. The largest absolute Gasteiger partial charge is 0.378 e. The summed E-state index contributed by atoms with van der Waals surface area (Å²) in [6, 6.07) is 0. The van der Waals surface area contributed by atoms with E-state index >= 15 is 0 Å². The molecule has 17 heteroatoms. The number of nitrogens with zero attached hydrogens (tertiary/aromatic N) is 9. The summed E-state index contributed by atoms with van der Waals surface area (Å²) >= 11 is 0. The van der Waals surface area contributed by atoms with Gasteiger partial charge < -0.3 is 19.5 Å². The van der Waals surface area contributed by atoms with Gasteiger partial charge in [-0.05, 0) is 160 Å². The minimum absolute atomic E-state index is 0.0196. The van der Waals surface area contributed by atoms with Crippen LogP contribution in [-0.4, -0.2) is 92.1 Å². The molecule has 0 aliphatic heterocycles. The Labute approximate surface area is 328 Å². The molecule has 1 N–H and O–H groups in total. The number of fused-ring (bicyclic) bond motifs is 5. The lowest BCUT2D eigenvalue weighted by atomic mass is 9.43. The van der Waals surface area contributed by atoms with Gasteiger partial charge in [-0.15, -0.1) is 0 Å². The molecule has 0 aromatic rings. The van der Waals surface area contributed by atoms with E-state index in [1.54, 1.807) is 0 Å². The van der Waals surface area contributed by atoms with E-state index in [-0.39, 0.29) is 35.7 Å². The first-order valence-corrected chi connectivity index (χ1v) is 22.7. The van der Waals surface area contributed by atoms with Crippen molar-refractivity contribution in [1.29, 1.82) is 0 Å². The van der Waals surface area contributed by atoms with Crippen LogP contribution in [0.5, 0.6) is 0 Å². The number of hydrogen-bond donors (Lipinski definition) is 1. The number of hydrogen-bond acceptors (Lipinski definition) is 10. The predicted molar refractivity (Wildman–Crippen MR) is 212 cm³/mol. The van der Waals surface area contributed by atoms with E-state index in [0.29, 0.717) is 94.2 Å². The van der Waals surface area contributed by atoms with E-state index < -0.39 is 10.1 Å². The summed E-state index contributed by atoms with van der Waals surface area (Å²) in [4.78, 5) is 8.77. The molecule has 0 saturated heterocycles. The molecule has 312 valence electrons. The number of azide groups is 3. The Bertz CT molecular complexity index is 1440. The number of ether oxygens (including phenoxy) is 3. The molecule has 16 nitrogen and oxygen atoms in total. The second-order valence-electron chi connectivity index (χ2n) is 17.1. The van der Waals surface area contributed by atoms with Crippen molar-refractivity contribution >= 4 is 10.1 Å². The minimum Gasteiger partial charge on any atom is -0.378 e. The zero-order chi connectivity index (χ0) is 39.7. The lowest BCUT2D eigenvalue weighted by Gasteiger charge is -2.65. The standard InChI is InChI=1S/C38H68N10O6S/c1-28(11-7-17-42-16-5-6-24-54-55(4,49)50)31-12-13-32-36-33(27-35(38(31,32)3)53-23-10-20-45-48-41)37(2)15-14-30(51-21-8-18-43-46-39)25-29(37)26-34(36)52-22-9-19-44-47-40/h28-36,42H,5-27H2,1-4H3/t28-,29?,30-,31?,32+,33+,34-,35?,36?,37+,38-/m1/s1. The summed E-state index contributed by atoms with van der Waals surface area (Å²) in [6.07, 6.45) is 14.9. The van der Waals surface area contributed by atoms with Gasteiger partial charge in [-0.1, -0.05) is 36.1 Å². The Morgan fingerprint density at radius 2 is 1.40 bits per heavy atom. The fraction of sp³-hybridized carbons (Fsp3) is 1.00. The highest BCUT2D eigenvalue weighted by Gasteiger charge is 2.66. The summed E-state index contributed by atoms with van der Waals surface area (Å²) < 4.78 is 47.5. The van der Waals surface area contributed by atoms with Gasteiger partial charge in [-0.25, -0.2) is 0 Å². The minimum atomic E-state index is -3.39. The quantitative estimate of drug-likeness (QED) is 0.0293. The maximum absolute atomic E-state index is 11.2. The molecule has 4 fully saturated rings. The molecule has 0 aromatic carbocycles. The first kappa shape index (κ1) is 45.4. The highest BCUT2D eigenvalue weighted by atomic mass is 32.2. The van der Waals surface area contributed by atoms with Crippen LogP contribution in [0.2, 0.25) is 0 Å². The summed E-state index contributed by atoms with van der Waals surface area (Å²) in [5, 5.41) is 14.8. The van der Waals surface area contributed by atoms with Crippen LogP contribution < -0.4 is 5.32 Å². The Morgan fingerprint density at radius 1 is 0.764 bits per heavy atom. The van der Waals surface area contributed by atoms with Gasteiger partial charge in [0.1, 0.15) is 0 Å². The molecular formula is C38H68N10O6S. The van der Waals surface area contributed by atoms with Crippen molar-refractivity contribution in [3.8, 4) is 0 Å². The van der Waals surface area contributed by atoms with Crippen LogP contribution in [-0.2, 0) is 28.5 Å². The molecule has 0 amide bonds. The summed E-state index contributed by atoms with van der Waals surface area (Å²) in [5.41, 5.74) is 26.5. The van der Waals surface area contributed by atoms with Crippen LogP contribution in [0, 0.1) is 46.3 Å². The van der Waals surface area contributed by atoms with Crippen LogP contribution in [0.3, 0.4) is 0 Å². The zero-order valence-corrected chi connectivity index (χ0v) is 34.7. The molecule has 0 heterocycles. The lowest BCUT2D eigenvalue weighted by molar-refractivity contribution is -0.227. The molecule has 4 rings (SSSR count). The third-order valence-electron chi connectivity index (χ3n) is 13.9. The molecule has 55 heavy (non-hydrogen) atoms. The molecular weight excluding hydrogens is 725 g/mol. The average molecular weight is 793 g/mol. The Hall–Kier alpha value is -2.32. The zero-order valence-electron chi connectivity index (χ0n) is 33.8. The number of unbranched alkanes of at least 4 members (excludes halogenated alkanes) is 1. The van der Waals surface area contributed by atoms with Crippen molar-refractivity contribution in [2.45, 2.75) is 129 Å². The van der Waals surface area contributed by atoms with Gasteiger partial charge in [0.15, 0.2) is 0 Å². The Morgan fingerprint density at radius 3 is 2.05 bits per heavy atom. The van der Waals surface area contributed by atoms with Gasteiger partial charge in [0.05, 0.1) is 31.2 Å². The molecule has 0 spiro atoms. The van der Waals surface area contributed by atoms with Crippen LogP contribution in [0.25, 0.3) is 31.3 Å². The first-order chi connectivity index (χ1) is 26.5. The van der Waals surface area contributed by atoms with Gasteiger partial charge in [0.25, 0.3) is 10.1 Å². The molecule has 0 bridgehead atoms. The molecule has 0 radical (unpaired) electrons. The molecule has 4 saturated carbocycles.